The van der Waals surface area contributed by atoms with Gasteiger partial charge in [0, 0.05) is 12.7 Å². The van der Waals surface area contributed by atoms with Crippen molar-refractivity contribution in [3.8, 4) is 0 Å². The fourth-order valence-corrected chi connectivity index (χ4v) is 4.98. The summed E-state index contributed by atoms with van der Waals surface area (Å²) < 4.78 is 14.2. The number of nitrogens with zero attached hydrogens (tertiary/aromatic N) is 3. The van der Waals surface area contributed by atoms with Crippen molar-refractivity contribution in [1.82, 2.24) is 20.3 Å². The van der Waals surface area contributed by atoms with Crippen LogP contribution in [0.1, 0.15) is 49.4 Å². The molecule has 3 fully saturated rings. The van der Waals surface area contributed by atoms with Crippen molar-refractivity contribution in [2.75, 3.05) is 13.2 Å². The minimum absolute atomic E-state index is 0.0532. The largest absolute Gasteiger partial charge is 0.371 e. The lowest BCUT2D eigenvalue weighted by Crippen LogP contribution is -2.40. The van der Waals surface area contributed by atoms with Crippen LogP contribution in [0.3, 0.4) is 0 Å². The van der Waals surface area contributed by atoms with Crippen molar-refractivity contribution in [3.05, 3.63) is 47.8 Å². The minimum Gasteiger partial charge on any atom is -0.371 e. The molecule has 5 rings (SSSR count). The van der Waals surface area contributed by atoms with E-state index in [1.54, 1.807) is 0 Å². The Bertz CT molecular complexity index is 759. The lowest BCUT2D eigenvalue weighted by molar-refractivity contribution is 0.0619. The van der Waals surface area contributed by atoms with Gasteiger partial charge in [-0.05, 0) is 17.9 Å². The Morgan fingerprint density at radius 2 is 1.82 bits per heavy atom. The van der Waals surface area contributed by atoms with Gasteiger partial charge in [-0.15, -0.1) is 5.10 Å². The van der Waals surface area contributed by atoms with Crippen LogP contribution in [-0.2, 0) is 22.4 Å². The fourth-order valence-electron chi connectivity index (χ4n) is 4.98. The summed E-state index contributed by atoms with van der Waals surface area (Å²) in [6.45, 7) is 2.16. The highest BCUT2D eigenvalue weighted by molar-refractivity contribution is 5.15. The molecule has 2 aromatic rings. The maximum Gasteiger partial charge on any atom is 0.110 e. The number of nitrogens with one attached hydrogen (secondary N) is 1. The van der Waals surface area contributed by atoms with Crippen LogP contribution in [0.25, 0.3) is 0 Å². The van der Waals surface area contributed by atoms with Gasteiger partial charge in [-0.1, -0.05) is 67.6 Å². The minimum atomic E-state index is 0.0532. The van der Waals surface area contributed by atoms with Gasteiger partial charge in [0.25, 0.3) is 0 Å². The Labute approximate surface area is 166 Å². The molecule has 1 saturated carbocycles. The topological polar surface area (TPSA) is 61.2 Å². The summed E-state index contributed by atoms with van der Waals surface area (Å²) in [5.74, 6) is 0.778. The zero-order valence-corrected chi connectivity index (χ0v) is 16.4. The van der Waals surface area contributed by atoms with Crippen molar-refractivity contribution in [2.24, 2.45) is 5.92 Å². The zero-order valence-electron chi connectivity index (χ0n) is 16.4. The van der Waals surface area contributed by atoms with E-state index in [-0.39, 0.29) is 24.3 Å². The van der Waals surface area contributed by atoms with Crippen LogP contribution < -0.4 is 5.32 Å². The summed E-state index contributed by atoms with van der Waals surface area (Å²) in [7, 11) is 0. The third-order valence-electron chi connectivity index (χ3n) is 6.56. The predicted molar refractivity (Wildman–Crippen MR) is 106 cm³/mol. The van der Waals surface area contributed by atoms with E-state index in [4.69, 9.17) is 9.47 Å². The number of hydrogen-bond acceptors (Lipinski definition) is 5. The second-order valence-electron chi connectivity index (χ2n) is 8.53. The van der Waals surface area contributed by atoms with Crippen molar-refractivity contribution in [2.45, 2.75) is 69.4 Å². The third kappa shape index (κ3) is 3.86. The average Bonchev–Trinajstić information content (AvgIpc) is 3.45. The molecular formula is C22H30N4O2. The number of fused-ring (bicyclic) bond motifs is 1. The normalized spacial score (nSPS) is 30.6. The van der Waals surface area contributed by atoms with Crippen LogP contribution in [0.2, 0.25) is 0 Å². The molecule has 2 aliphatic heterocycles. The number of aromatic nitrogens is 3. The summed E-state index contributed by atoms with van der Waals surface area (Å²) in [6.07, 6.45) is 10.1. The van der Waals surface area contributed by atoms with E-state index in [0.29, 0.717) is 13.2 Å². The molecule has 0 radical (unpaired) electrons. The van der Waals surface area contributed by atoms with E-state index in [1.165, 1.54) is 37.7 Å². The summed E-state index contributed by atoms with van der Waals surface area (Å²) in [5, 5.41) is 12.5. The Hall–Kier alpha value is -1.76. The van der Waals surface area contributed by atoms with Gasteiger partial charge < -0.3 is 14.8 Å². The Kier molecular flexibility index (Phi) is 5.43. The Morgan fingerprint density at radius 1 is 1.00 bits per heavy atom. The molecule has 1 aromatic carbocycles. The van der Waals surface area contributed by atoms with Gasteiger partial charge in [0.2, 0.25) is 0 Å². The van der Waals surface area contributed by atoms with Crippen LogP contribution in [-0.4, -0.2) is 46.5 Å². The predicted octanol–water partition coefficient (Wildman–Crippen LogP) is 2.90. The van der Waals surface area contributed by atoms with E-state index < -0.39 is 0 Å². The maximum atomic E-state index is 6.13. The highest BCUT2D eigenvalue weighted by Crippen LogP contribution is 2.34. The molecule has 4 atom stereocenters. The molecule has 3 aliphatic rings. The van der Waals surface area contributed by atoms with Gasteiger partial charge in [-0.25, -0.2) is 4.68 Å². The second kappa shape index (κ2) is 8.31. The summed E-state index contributed by atoms with van der Waals surface area (Å²) in [4.78, 5) is 0. The molecule has 1 aliphatic carbocycles. The van der Waals surface area contributed by atoms with E-state index in [9.17, 15) is 0 Å². The van der Waals surface area contributed by atoms with E-state index in [2.05, 4.69) is 46.1 Å². The quantitative estimate of drug-likeness (QED) is 0.832. The standard InChI is InChI=1S/C22H30N4O2/c1-3-7-16(8-4-1)11-18-13-26(25-24-18)20-15-28-21-19(14-27-22(20)21)23-12-17-9-5-2-6-10-17/h2,5-6,9-10,13,16,19-23H,1,3-4,7-8,11-12,14-15H2/t19-,20+,21-,22+/m1/s1. The Balaban J connectivity index is 1.18. The molecule has 3 heterocycles. The van der Waals surface area contributed by atoms with Crippen LogP contribution in [0, 0.1) is 5.92 Å². The molecule has 6 nitrogen and oxygen atoms in total. The number of ether oxygens (including phenoxy) is 2. The van der Waals surface area contributed by atoms with Crippen LogP contribution in [0.4, 0.5) is 0 Å². The van der Waals surface area contributed by atoms with Gasteiger partial charge in [0.1, 0.15) is 18.2 Å². The lowest BCUT2D eigenvalue weighted by atomic mass is 9.86. The van der Waals surface area contributed by atoms with E-state index in [1.807, 2.05) is 10.7 Å². The number of rotatable bonds is 6. The number of benzene rings is 1. The first-order valence-corrected chi connectivity index (χ1v) is 10.8. The molecule has 0 amide bonds. The maximum absolute atomic E-state index is 6.13. The fraction of sp³-hybridized carbons (Fsp3) is 0.636. The molecule has 0 spiro atoms. The summed E-state index contributed by atoms with van der Waals surface area (Å²) in [6, 6.07) is 10.8. The monoisotopic (exact) mass is 382 g/mol. The first-order valence-electron chi connectivity index (χ1n) is 10.8. The first-order chi connectivity index (χ1) is 13.9. The van der Waals surface area contributed by atoms with Gasteiger partial charge in [-0.2, -0.15) is 0 Å². The highest BCUT2D eigenvalue weighted by atomic mass is 16.6. The molecule has 0 unspecified atom stereocenters. The first kappa shape index (κ1) is 18.3. The van der Waals surface area contributed by atoms with Gasteiger partial charge in [0.15, 0.2) is 0 Å². The van der Waals surface area contributed by atoms with Crippen LogP contribution in [0.15, 0.2) is 36.5 Å². The lowest BCUT2D eigenvalue weighted by Gasteiger charge is -2.20. The van der Waals surface area contributed by atoms with Gasteiger partial charge in [0.05, 0.1) is 24.9 Å². The Morgan fingerprint density at radius 3 is 2.68 bits per heavy atom. The van der Waals surface area contributed by atoms with Crippen LogP contribution >= 0.6 is 0 Å². The number of hydrogen-bond donors (Lipinski definition) is 1. The molecule has 6 heteroatoms. The van der Waals surface area contributed by atoms with Crippen molar-refractivity contribution in [3.63, 3.8) is 0 Å². The molecule has 150 valence electrons. The van der Waals surface area contributed by atoms with Crippen molar-refractivity contribution >= 4 is 0 Å². The molecule has 1 aromatic heterocycles. The molecule has 1 N–H and O–H groups in total. The molecule has 0 bridgehead atoms. The third-order valence-corrected chi connectivity index (χ3v) is 6.56. The van der Waals surface area contributed by atoms with Crippen molar-refractivity contribution < 1.29 is 9.47 Å². The van der Waals surface area contributed by atoms with Gasteiger partial charge >= 0.3 is 0 Å². The summed E-state index contributed by atoms with van der Waals surface area (Å²) >= 11 is 0. The zero-order chi connectivity index (χ0) is 18.8. The molecule has 2 saturated heterocycles. The molecule has 28 heavy (non-hydrogen) atoms. The van der Waals surface area contributed by atoms with Crippen molar-refractivity contribution in [1.29, 1.82) is 0 Å². The van der Waals surface area contributed by atoms with E-state index >= 15 is 0 Å². The SMILES string of the molecule is c1ccc(CN[C@@H]2CO[C@@H]3[C@@H]2OC[C@@H]3n2cc(CC3CCCCC3)nn2)cc1. The summed E-state index contributed by atoms with van der Waals surface area (Å²) in [5.41, 5.74) is 2.40. The molecular weight excluding hydrogens is 352 g/mol. The van der Waals surface area contributed by atoms with Gasteiger partial charge in [-0.3, -0.25) is 0 Å². The second-order valence-corrected chi connectivity index (χ2v) is 8.53. The smallest absolute Gasteiger partial charge is 0.110 e. The van der Waals surface area contributed by atoms with Crippen LogP contribution in [0.5, 0.6) is 0 Å². The van der Waals surface area contributed by atoms with E-state index in [0.717, 1.165) is 24.6 Å². The highest BCUT2D eigenvalue weighted by Gasteiger charge is 2.48. The average molecular weight is 383 g/mol.